The maximum absolute atomic E-state index is 11.5. The van der Waals surface area contributed by atoms with Crippen LogP contribution in [-0.2, 0) is 14.3 Å². The maximum atomic E-state index is 11.5. The van der Waals surface area contributed by atoms with Gasteiger partial charge in [-0.25, -0.2) is 0 Å². The number of nitrogens with zero attached hydrogens (tertiary/aromatic N) is 1. The number of carboxylic acid groups (broad SMARTS) is 1. The average Bonchev–Trinajstić information content (AvgIpc) is 2.26. The fourth-order valence-electron chi connectivity index (χ4n) is 1.66. The van der Waals surface area contributed by atoms with Crippen LogP contribution in [0.3, 0.4) is 0 Å². The summed E-state index contributed by atoms with van der Waals surface area (Å²) in [6.45, 7) is 3.53. The molecular weight excluding hydrogens is 198 g/mol. The summed E-state index contributed by atoms with van der Waals surface area (Å²) in [4.78, 5) is 23.8. The van der Waals surface area contributed by atoms with Crippen LogP contribution in [0.4, 0.5) is 0 Å². The number of piperidine rings is 1. The summed E-state index contributed by atoms with van der Waals surface area (Å²) in [5.41, 5.74) is 0. The lowest BCUT2D eigenvalue weighted by molar-refractivity contribution is -0.146. The second kappa shape index (κ2) is 5.70. The monoisotopic (exact) mass is 215 g/mol. The molecule has 1 aliphatic heterocycles. The number of aliphatic carboxylic acids is 1. The van der Waals surface area contributed by atoms with Gasteiger partial charge in [0.15, 0.2) is 0 Å². The van der Waals surface area contributed by atoms with Crippen LogP contribution in [-0.4, -0.2) is 48.2 Å². The summed E-state index contributed by atoms with van der Waals surface area (Å²) >= 11 is 0. The molecule has 15 heavy (non-hydrogen) atoms. The van der Waals surface area contributed by atoms with E-state index in [0.717, 1.165) is 0 Å². The number of carbonyl (C=O) groups excluding carboxylic acids is 1. The lowest BCUT2D eigenvalue weighted by atomic mass is 9.97. The zero-order valence-electron chi connectivity index (χ0n) is 8.94. The first kappa shape index (κ1) is 12.0. The Morgan fingerprint density at radius 1 is 1.40 bits per heavy atom. The highest BCUT2D eigenvalue weighted by atomic mass is 16.5. The summed E-state index contributed by atoms with van der Waals surface area (Å²) in [7, 11) is 0. The van der Waals surface area contributed by atoms with Crippen LogP contribution in [0.5, 0.6) is 0 Å². The Kier molecular flexibility index (Phi) is 4.55. The summed E-state index contributed by atoms with van der Waals surface area (Å²) in [5, 5.41) is 8.78. The molecule has 0 atom stereocenters. The quantitative estimate of drug-likeness (QED) is 0.734. The molecule has 1 heterocycles. The number of ether oxygens (including phenoxy) is 1. The maximum Gasteiger partial charge on any atom is 0.306 e. The SMILES string of the molecule is CCOCC(=O)N1CCC(C(=O)O)CC1. The van der Waals surface area contributed by atoms with E-state index in [1.165, 1.54) is 0 Å². The summed E-state index contributed by atoms with van der Waals surface area (Å²) in [6.07, 6.45) is 1.10. The third kappa shape index (κ3) is 3.51. The molecule has 86 valence electrons. The molecular formula is C10H17NO4. The van der Waals surface area contributed by atoms with Gasteiger partial charge in [0, 0.05) is 19.7 Å². The van der Waals surface area contributed by atoms with E-state index in [4.69, 9.17) is 9.84 Å². The number of hydrogen-bond donors (Lipinski definition) is 1. The van der Waals surface area contributed by atoms with Crippen LogP contribution < -0.4 is 0 Å². The molecule has 0 unspecified atom stereocenters. The number of rotatable bonds is 4. The molecule has 0 aromatic carbocycles. The smallest absolute Gasteiger partial charge is 0.306 e. The van der Waals surface area contributed by atoms with Gasteiger partial charge in [-0.1, -0.05) is 0 Å². The Morgan fingerprint density at radius 3 is 2.47 bits per heavy atom. The van der Waals surface area contributed by atoms with E-state index < -0.39 is 5.97 Å². The first-order valence-electron chi connectivity index (χ1n) is 5.23. The van der Waals surface area contributed by atoms with Gasteiger partial charge >= 0.3 is 5.97 Å². The summed E-state index contributed by atoms with van der Waals surface area (Å²) < 4.78 is 5.02. The van der Waals surface area contributed by atoms with E-state index in [1.54, 1.807) is 4.90 Å². The molecule has 1 rings (SSSR count). The molecule has 1 fully saturated rings. The predicted octanol–water partition coefficient (Wildman–Crippen LogP) is 0.346. The third-order valence-electron chi connectivity index (χ3n) is 2.63. The molecule has 0 bridgehead atoms. The highest BCUT2D eigenvalue weighted by Crippen LogP contribution is 2.17. The molecule has 0 radical (unpaired) electrons. The molecule has 0 saturated carbocycles. The minimum atomic E-state index is -0.757. The Balaban J connectivity index is 2.30. The molecule has 5 nitrogen and oxygen atoms in total. The molecule has 1 saturated heterocycles. The van der Waals surface area contributed by atoms with E-state index in [2.05, 4.69) is 0 Å². The molecule has 0 aromatic rings. The van der Waals surface area contributed by atoms with Crippen molar-refractivity contribution in [2.24, 2.45) is 5.92 Å². The first-order chi connectivity index (χ1) is 7.15. The van der Waals surface area contributed by atoms with Crippen molar-refractivity contribution in [1.29, 1.82) is 0 Å². The number of carboxylic acids is 1. The molecule has 1 aliphatic rings. The Morgan fingerprint density at radius 2 is 2.00 bits per heavy atom. The van der Waals surface area contributed by atoms with E-state index in [9.17, 15) is 9.59 Å². The van der Waals surface area contributed by atoms with Crippen molar-refractivity contribution in [1.82, 2.24) is 4.90 Å². The fraction of sp³-hybridized carbons (Fsp3) is 0.800. The van der Waals surface area contributed by atoms with Crippen LogP contribution in [0.1, 0.15) is 19.8 Å². The highest BCUT2D eigenvalue weighted by molar-refractivity contribution is 5.78. The van der Waals surface area contributed by atoms with Gasteiger partial charge in [-0.3, -0.25) is 9.59 Å². The zero-order valence-corrected chi connectivity index (χ0v) is 8.94. The minimum Gasteiger partial charge on any atom is -0.481 e. The van der Waals surface area contributed by atoms with Crippen LogP contribution >= 0.6 is 0 Å². The third-order valence-corrected chi connectivity index (χ3v) is 2.63. The standard InChI is InChI=1S/C10H17NO4/c1-2-15-7-9(12)11-5-3-8(4-6-11)10(13)14/h8H,2-7H2,1H3,(H,13,14). The Labute approximate surface area is 89.0 Å². The van der Waals surface area contributed by atoms with Crippen molar-refractivity contribution in [3.63, 3.8) is 0 Å². The van der Waals surface area contributed by atoms with E-state index in [0.29, 0.717) is 32.5 Å². The summed E-state index contributed by atoms with van der Waals surface area (Å²) in [5.74, 6) is -1.09. The lowest BCUT2D eigenvalue weighted by Gasteiger charge is -2.29. The second-order valence-corrected chi connectivity index (χ2v) is 3.63. The largest absolute Gasteiger partial charge is 0.481 e. The Hall–Kier alpha value is -1.10. The van der Waals surface area contributed by atoms with Gasteiger partial charge in [0.2, 0.25) is 5.91 Å². The van der Waals surface area contributed by atoms with E-state index in [1.807, 2.05) is 6.92 Å². The summed E-state index contributed by atoms with van der Waals surface area (Å²) in [6, 6.07) is 0. The van der Waals surface area contributed by atoms with Gasteiger partial charge in [-0.15, -0.1) is 0 Å². The molecule has 1 amide bonds. The number of hydrogen-bond acceptors (Lipinski definition) is 3. The molecule has 1 N–H and O–H groups in total. The topological polar surface area (TPSA) is 66.8 Å². The normalized spacial score (nSPS) is 17.8. The van der Waals surface area contributed by atoms with Gasteiger partial charge in [-0.2, -0.15) is 0 Å². The van der Waals surface area contributed by atoms with Crippen LogP contribution in [0.2, 0.25) is 0 Å². The Bertz CT molecular complexity index is 234. The average molecular weight is 215 g/mol. The van der Waals surface area contributed by atoms with E-state index >= 15 is 0 Å². The van der Waals surface area contributed by atoms with Gasteiger partial charge in [0.05, 0.1) is 5.92 Å². The van der Waals surface area contributed by atoms with Gasteiger partial charge in [0.25, 0.3) is 0 Å². The molecule has 0 aliphatic carbocycles. The van der Waals surface area contributed by atoms with Crippen LogP contribution in [0.25, 0.3) is 0 Å². The van der Waals surface area contributed by atoms with Crippen molar-refractivity contribution in [2.75, 3.05) is 26.3 Å². The highest BCUT2D eigenvalue weighted by Gasteiger charge is 2.26. The first-order valence-corrected chi connectivity index (χ1v) is 5.23. The molecule has 0 spiro atoms. The van der Waals surface area contributed by atoms with Crippen LogP contribution in [0.15, 0.2) is 0 Å². The van der Waals surface area contributed by atoms with Gasteiger partial charge in [0.1, 0.15) is 6.61 Å². The zero-order chi connectivity index (χ0) is 11.3. The second-order valence-electron chi connectivity index (χ2n) is 3.63. The van der Waals surface area contributed by atoms with Gasteiger partial charge in [-0.05, 0) is 19.8 Å². The molecule has 0 aromatic heterocycles. The van der Waals surface area contributed by atoms with Crippen LogP contribution in [0, 0.1) is 5.92 Å². The number of carbonyl (C=O) groups is 2. The number of amides is 1. The van der Waals surface area contributed by atoms with Crippen molar-refractivity contribution >= 4 is 11.9 Å². The lowest BCUT2D eigenvalue weighted by Crippen LogP contribution is -2.41. The van der Waals surface area contributed by atoms with Gasteiger partial charge < -0.3 is 14.7 Å². The number of likely N-dealkylation sites (tertiary alicyclic amines) is 1. The van der Waals surface area contributed by atoms with Crippen molar-refractivity contribution in [3.8, 4) is 0 Å². The van der Waals surface area contributed by atoms with Crippen molar-refractivity contribution in [2.45, 2.75) is 19.8 Å². The minimum absolute atomic E-state index is 0.0410. The molecule has 5 heteroatoms. The van der Waals surface area contributed by atoms with E-state index in [-0.39, 0.29) is 18.4 Å². The van der Waals surface area contributed by atoms with Crippen molar-refractivity contribution in [3.05, 3.63) is 0 Å². The predicted molar refractivity (Wildman–Crippen MR) is 53.4 cm³/mol. The van der Waals surface area contributed by atoms with Crippen molar-refractivity contribution < 1.29 is 19.4 Å². The fourth-order valence-corrected chi connectivity index (χ4v) is 1.66.